The van der Waals surface area contributed by atoms with Crippen molar-refractivity contribution in [1.29, 1.82) is 0 Å². The maximum Gasteiger partial charge on any atom is 0.237 e. The van der Waals surface area contributed by atoms with Crippen molar-refractivity contribution < 1.29 is 14.1 Å². The fourth-order valence-electron chi connectivity index (χ4n) is 2.58. The highest BCUT2D eigenvalue weighted by atomic mass is 32.2. The largest absolute Gasteiger partial charge is 0.359 e. The molecule has 1 atom stereocenters. The van der Waals surface area contributed by atoms with Gasteiger partial charge in [-0.3, -0.25) is 14.5 Å². The predicted octanol–water partition coefficient (Wildman–Crippen LogP) is 1.37. The van der Waals surface area contributed by atoms with Crippen LogP contribution in [0.3, 0.4) is 0 Å². The Balaban J connectivity index is 1.80. The van der Waals surface area contributed by atoms with Crippen LogP contribution in [0.4, 0.5) is 0 Å². The van der Waals surface area contributed by atoms with Gasteiger partial charge in [0.1, 0.15) is 0 Å². The Hall–Kier alpha value is -1.30. The summed E-state index contributed by atoms with van der Waals surface area (Å²) in [6.45, 7) is 2.03. The number of amides is 2. The lowest BCUT2D eigenvalue weighted by Crippen LogP contribution is -2.35. The predicted molar refractivity (Wildman–Crippen MR) is 65.8 cm³/mol. The van der Waals surface area contributed by atoms with Gasteiger partial charge in [-0.1, -0.05) is 5.16 Å². The molecule has 2 saturated heterocycles. The Kier molecular flexibility index (Phi) is 2.69. The normalized spacial score (nSPS) is 27.7. The minimum Gasteiger partial charge on any atom is -0.359 e. The minimum absolute atomic E-state index is 0.0356. The second-order valence-corrected chi connectivity index (χ2v) is 6.08. The van der Waals surface area contributed by atoms with E-state index in [9.17, 15) is 9.59 Å². The number of nitrogens with zero attached hydrogens (tertiary/aromatic N) is 2. The molecule has 3 heterocycles. The van der Waals surface area contributed by atoms with Crippen LogP contribution in [0, 0.1) is 12.3 Å². The molecule has 0 unspecified atom stereocenters. The summed E-state index contributed by atoms with van der Waals surface area (Å²) in [5, 5.41) is 3.77. The van der Waals surface area contributed by atoms with E-state index in [1.807, 2.05) is 6.92 Å². The fourth-order valence-corrected chi connectivity index (χ4v) is 4.02. The van der Waals surface area contributed by atoms with Crippen molar-refractivity contribution >= 4 is 23.6 Å². The maximum atomic E-state index is 12.4. The van der Waals surface area contributed by atoms with Crippen molar-refractivity contribution in [3.63, 3.8) is 0 Å². The standard InChI is InChI=1S/C12H14N2O3S/c1-8-4-9(17-13-8)6-14-10(15)5-12(11(14)16)2-3-18-7-12/h4H,2-3,5-7H2,1H3/t12-/m1/s1. The van der Waals surface area contributed by atoms with Crippen LogP contribution in [0.1, 0.15) is 24.3 Å². The van der Waals surface area contributed by atoms with Crippen LogP contribution in [-0.4, -0.2) is 33.4 Å². The Morgan fingerprint density at radius 2 is 2.39 bits per heavy atom. The molecule has 0 aliphatic carbocycles. The molecule has 0 N–H and O–H groups in total. The fraction of sp³-hybridized carbons (Fsp3) is 0.583. The van der Waals surface area contributed by atoms with Gasteiger partial charge in [0.15, 0.2) is 5.76 Å². The van der Waals surface area contributed by atoms with Gasteiger partial charge in [0.2, 0.25) is 11.8 Å². The lowest BCUT2D eigenvalue weighted by atomic mass is 9.86. The molecule has 5 nitrogen and oxygen atoms in total. The van der Waals surface area contributed by atoms with Crippen LogP contribution in [-0.2, 0) is 16.1 Å². The van der Waals surface area contributed by atoms with Crippen molar-refractivity contribution in [3.05, 3.63) is 17.5 Å². The highest BCUT2D eigenvalue weighted by Crippen LogP contribution is 2.45. The number of carbonyl (C=O) groups excluding carboxylic acids is 2. The average Bonchev–Trinajstić information content (AvgIpc) is 2.99. The lowest BCUT2D eigenvalue weighted by Gasteiger charge is -2.19. The SMILES string of the molecule is Cc1cc(CN2C(=O)C[C@@]3(CCSC3)C2=O)on1. The highest BCUT2D eigenvalue weighted by Gasteiger charge is 2.53. The summed E-state index contributed by atoms with van der Waals surface area (Å²) in [7, 11) is 0. The zero-order valence-electron chi connectivity index (χ0n) is 10.1. The van der Waals surface area contributed by atoms with Gasteiger partial charge < -0.3 is 4.52 Å². The summed E-state index contributed by atoms with van der Waals surface area (Å²) in [5.41, 5.74) is 0.326. The van der Waals surface area contributed by atoms with Crippen molar-refractivity contribution in [2.24, 2.45) is 5.41 Å². The van der Waals surface area contributed by atoms with Gasteiger partial charge in [-0.2, -0.15) is 11.8 Å². The number of rotatable bonds is 2. The summed E-state index contributed by atoms with van der Waals surface area (Å²) in [5.74, 6) is 2.18. The quantitative estimate of drug-likeness (QED) is 0.756. The number of hydrogen-bond acceptors (Lipinski definition) is 5. The first-order valence-electron chi connectivity index (χ1n) is 5.95. The molecule has 0 bridgehead atoms. The number of hydrogen-bond donors (Lipinski definition) is 0. The molecule has 3 rings (SSSR count). The third kappa shape index (κ3) is 1.75. The van der Waals surface area contributed by atoms with E-state index >= 15 is 0 Å². The first-order chi connectivity index (χ1) is 8.61. The average molecular weight is 266 g/mol. The first-order valence-corrected chi connectivity index (χ1v) is 7.11. The summed E-state index contributed by atoms with van der Waals surface area (Å²) in [6, 6.07) is 1.76. The molecule has 0 aromatic carbocycles. The Bertz CT molecular complexity index is 505. The van der Waals surface area contributed by atoms with Crippen LogP contribution in [0.25, 0.3) is 0 Å². The van der Waals surface area contributed by atoms with Crippen molar-refractivity contribution in [3.8, 4) is 0 Å². The van der Waals surface area contributed by atoms with Crippen molar-refractivity contribution in [2.45, 2.75) is 26.3 Å². The molecule has 2 aliphatic heterocycles. The smallest absolute Gasteiger partial charge is 0.237 e. The van der Waals surface area contributed by atoms with E-state index in [1.54, 1.807) is 17.8 Å². The first kappa shape index (κ1) is 11.8. The Morgan fingerprint density at radius 3 is 3.00 bits per heavy atom. The van der Waals surface area contributed by atoms with E-state index in [2.05, 4.69) is 5.16 Å². The van der Waals surface area contributed by atoms with Crippen molar-refractivity contribution in [1.82, 2.24) is 10.1 Å². The molecule has 2 amide bonds. The summed E-state index contributed by atoms with van der Waals surface area (Å²) in [6.07, 6.45) is 1.17. The van der Waals surface area contributed by atoms with E-state index in [0.29, 0.717) is 12.2 Å². The third-order valence-corrected chi connectivity index (χ3v) is 4.83. The molecule has 6 heteroatoms. The molecule has 1 aromatic heterocycles. The second kappa shape index (κ2) is 4.12. The molecule has 1 spiro atoms. The van der Waals surface area contributed by atoms with Crippen molar-refractivity contribution in [2.75, 3.05) is 11.5 Å². The van der Waals surface area contributed by atoms with E-state index in [0.717, 1.165) is 23.6 Å². The lowest BCUT2D eigenvalue weighted by molar-refractivity contribution is -0.142. The van der Waals surface area contributed by atoms with E-state index in [1.165, 1.54) is 4.90 Å². The summed E-state index contributed by atoms with van der Waals surface area (Å²) in [4.78, 5) is 25.7. The molecular formula is C12H14N2O3S. The number of likely N-dealkylation sites (tertiary alicyclic amines) is 1. The zero-order chi connectivity index (χ0) is 12.8. The van der Waals surface area contributed by atoms with Gasteiger partial charge in [0, 0.05) is 18.2 Å². The highest BCUT2D eigenvalue weighted by molar-refractivity contribution is 7.99. The van der Waals surface area contributed by atoms with Crippen LogP contribution >= 0.6 is 11.8 Å². The van der Waals surface area contributed by atoms with Gasteiger partial charge in [-0.25, -0.2) is 0 Å². The number of aryl methyl sites for hydroxylation is 1. The molecule has 96 valence electrons. The molecule has 0 radical (unpaired) electrons. The number of thioether (sulfide) groups is 1. The van der Waals surface area contributed by atoms with Crippen LogP contribution in [0.2, 0.25) is 0 Å². The second-order valence-electron chi connectivity index (χ2n) is 4.98. The van der Waals surface area contributed by atoms with E-state index < -0.39 is 5.41 Å². The Morgan fingerprint density at radius 1 is 1.56 bits per heavy atom. The molecular weight excluding hydrogens is 252 g/mol. The number of aromatic nitrogens is 1. The van der Waals surface area contributed by atoms with Crippen LogP contribution in [0.5, 0.6) is 0 Å². The van der Waals surface area contributed by atoms with Crippen LogP contribution in [0.15, 0.2) is 10.6 Å². The monoisotopic (exact) mass is 266 g/mol. The Labute approximate surface area is 109 Å². The van der Waals surface area contributed by atoms with E-state index in [-0.39, 0.29) is 18.4 Å². The summed E-state index contributed by atoms with van der Waals surface area (Å²) < 4.78 is 5.07. The number of imide groups is 1. The summed E-state index contributed by atoms with van der Waals surface area (Å²) >= 11 is 1.75. The number of carbonyl (C=O) groups is 2. The van der Waals surface area contributed by atoms with Gasteiger partial charge >= 0.3 is 0 Å². The topological polar surface area (TPSA) is 63.4 Å². The van der Waals surface area contributed by atoms with Gasteiger partial charge in [0.05, 0.1) is 17.7 Å². The molecule has 0 saturated carbocycles. The molecule has 2 aliphatic rings. The third-order valence-electron chi connectivity index (χ3n) is 3.58. The zero-order valence-corrected chi connectivity index (χ0v) is 11.0. The van der Waals surface area contributed by atoms with Gasteiger partial charge in [-0.15, -0.1) is 0 Å². The van der Waals surface area contributed by atoms with Crippen LogP contribution < -0.4 is 0 Å². The minimum atomic E-state index is -0.434. The molecule has 2 fully saturated rings. The van der Waals surface area contributed by atoms with Gasteiger partial charge in [0.25, 0.3) is 0 Å². The molecule has 18 heavy (non-hydrogen) atoms. The van der Waals surface area contributed by atoms with Gasteiger partial charge in [-0.05, 0) is 19.1 Å². The molecule has 1 aromatic rings. The maximum absolute atomic E-state index is 12.4. The van der Waals surface area contributed by atoms with E-state index in [4.69, 9.17) is 4.52 Å².